The van der Waals surface area contributed by atoms with Crippen LogP contribution in [0.15, 0.2) is 47.5 Å². The molecule has 4 rings (SSSR count). The lowest BCUT2D eigenvalue weighted by Crippen LogP contribution is -2.36. The van der Waals surface area contributed by atoms with Crippen LogP contribution >= 0.6 is 15.9 Å². The maximum atomic E-state index is 13.2. The molecule has 6 nitrogen and oxygen atoms in total. The zero-order valence-electron chi connectivity index (χ0n) is 16.4. The van der Waals surface area contributed by atoms with Crippen LogP contribution in [0.5, 0.6) is 0 Å². The van der Waals surface area contributed by atoms with E-state index in [-0.39, 0.29) is 6.54 Å². The van der Waals surface area contributed by atoms with Crippen LogP contribution in [0.1, 0.15) is 19.7 Å². The number of nitrogens with zero attached hydrogens (tertiary/aromatic N) is 6. The molecule has 4 heterocycles. The van der Waals surface area contributed by atoms with Gasteiger partial charge in [0, 0.05) is 29.1 Å². The fraction of sp³-hybridized carbons (Fsp3) is 0.300. The van der Waals surface area contributed by atoms with E-state index >= 15 is 0 Å². The highest BCUT2D eigenvalue weighted by Crippen LogP contribution is 2.39. The third-order valence-corrected chi connectivity index (χ3v) is 5.29. The molecule has 0 radical (unpaired) electrons. The second-order valence-electron chi connectivity index (χ2n) is 7.72. The van der Waals surface area contributed by atoms with Crippen molar-refractivity contribution in [2.75, 3.05) is 0 Å². The van der Waals surface area contributed by atoms with Crippen LogP contribution in [0.4, 0.5) is 13.2 Å². The van der Waals surface area contributed by atoms with Crippen LogP contribution in [0, 0.1) is 12.3 Å². The van der Waals surface area contributed by atoms with Gasteiger partial charge in [-0.1, -0.05) is 0 Å². The Bertz CT molecular complexity index is 1220. The average molecular weight is 479 g/mol. The summed E-state index contributed by atoms with van der Waals surface area (Å²) in [7, 11) is 0. The van der Waals surface area contributed by atoms with Crippen molar-refractivity contribution in [1.82, 2.24) is 29.4 Å². The summed E-state index contributed by atoms with van der Waals surface area (Å²) in [6.07, 6.45) is 0.643. The number of rotatable bonds is 4. The van der Waals surface area contributed by atoms with Crippen molar-refractivity contribution in [1.29, 1.82) is 0 Å². The summed E-state index contributed by atoms with van der Waals surface area (Å²) in [5, 5.41) is 8.43. The van der Waals surface area contributed by atoms with E-state index in [9.17, 15) is 13.2 Å². The normalized spacial score (nSPS) is 12.6. The van der Waals surface area contributed by atoms with Crippen LogP contribution in [0.25, 0.3) is 28.0 Å². The van der Waals surface area contributed by atoms with E-state index in [4.69, 9.17) is 0 Å². The van der Waals surface area contributed by atoms with Crippen LogP contribution in [0.3, 0.4) is 0 Å². The summed E-state index contributed by atoms with van der Waals surface area (Å²) >= 11 is 3.40. The SMILES string of the molecule is Cc1nc2cc(-c3nc(Br)ccc3-c3cnn(CC(C)(C)C(F)(F)F)c3)ccn2n1. The largest absolute Gasteiger partial charge is 0.395 e. The first-order valence-electron chi connectivity index (χ1n) is 9.13. The monoisotopic (exact) mass is 478 g/mol. The Labute approximate surface area is 178 Å². The molecule has 0 N–H and O–H groups in total. The smallest absolute Gasteiger partial charge is 0.271 e. The zero-order valence-corrected chi connectivity index (χ0v) is 18.0. The first-order valence-corrected chi connectivity index (χ1v) is 9.92. The minimum absolute atomic E-state index is 0.277. The van der Waals surface area contributed by atoms with Gasteiger partial charge >= 0.3 is 6.18 Å². The third-order valence-electron chi connectivity index (χ3n) is 4.85. The minimum Gasteiger partial charge on any atom is -0.271 e. The van der Waals surface area contributed by atoms with E-state index in [1.54, 1.807) is 29.2 Å². The molecule has 4 aromatic heterocycles. The predicted octanol–water partition coefficient (Wildman–Crippen LogP) is 5.31. The summed E-state index contributed by atoms with van der Waals surface area (Å²) in [6.45, 7) is 3.86. The number of alkyl halides is 3. The first-order chi connectivity index (χ1) is 14.0. The van der Waals surface area contributed by atoms with Gasteiger partial charge in [-0.05, 0) is 61.0 Å². The van der Waals surface area contributed by atoms with Gasteiger partial charge in [-0.25, -0.2) is 14.5 Å². The number of halogens is 4. The molecule has 0 bridgehead atoms. The molecule has 0 aliphatic carbocycles. The molecule has 4 aromatic rings. The fourth-order valence-corrected chi connectivity index (χ4v) is 3.42. The van der Waals surface area contributed by atoms with E-state index in [0.717, 1.165) is 25.0 Å². The molecule has 0 unspecified atom stereocenters. The summed E-state index contributed by atoms with van der Waals surface area (Å²) < 4.78 is 43.4. The molecule has 0 saturated heterocycles. The fourth-order valence-electron chi connectivity index (χ4n) is 3.11. The van der Waals surface area contributed by atoms with Gasteiger partial charge in [0.15, 0.2) is 5.65 Å². The van der Waals surface area contributed by atoms with Crippen molar-refractivity contribution >= 4 is 21.6 Å². The molecule has 0 aromatic carbocycles. The molecule has 0 amide bonds. The van der Waals surface area contributed by atoms with Gasteiger partial charge in [-0.15, -0.1) is 0 Å². The highest BCUT2D eigenvalue weighted by molar-refractivity contribution is 9.10. The second-order valence-corrected chi connectivity index (χ2v) is 8.53. The average Bonchev–Trinajstić information content (AvgIpc) is 3.25. The number of hydrogen-bond acceptors (Lipinski definition) is 4. The number of pyridine rings is 2. The summed E-state index contributed by atoms with van der Waals surface area (Å²) in [5.41, 5.74) is 1.71. The van der Waals surface area contributed by atoms with Gasteiger partial charge in [0.05, 0.1) is 23.9 Å². The molecule has 0 spiro atoms. The van der Waals surface area contributed by atoms with E-state index in [1.807, 2.05) is 25.1 Å². The van der Waals surface area contributed by atoms with Crippen LogP contribution in [-0.4, -0.2) is 35.5 Å². The Morgan fingerprint density at radius 2 is 1.83 bits per heavy atom. The van der Waals surface area contributed by atoms with Crippen molar-refractivity contribution in [3.05, 3.63) is 53.3 Å². The first kappa shape index (κ1) is 20.5. The molecular formula is C20H18BrF3N6. The molecule has 10 heteroatoms. The number of fused-ring (bicyclic) bond motifs is 1. The zero-order chi connectivity index (χ0) is 21.7. The summed E-state index contributed by atoms with van der Waals surface area (Å²) in [4.78, 5) is 8.98. The predicted molar refractivity (Wildman–Crippen MR) is 110 cm³/mol. The van der Waals surface area contributed by atoms with Crippen molar-refractivity contribution in [3.63, 3.8) is 0 Å². The van der Waals surface area contributed by atoms with Crippen LogP contribution < -0.4 is 0 Å². The minimum atomic E-state index is -4.32. The van der Waals surface area contributed by atoms with Gasteiger partial charge in [-0.3, -0.25) is 4.68 Å². The number of aromatic nitrogens is 6. The maximum Gasteiger partial charge on any atom is 0.395 e. The van der Waals surface area contributed by atoms with Gasteiger partial charge in [0.25, 0.3) is 0 Å². The van der Waals surface area contributed by atoms with Crippen LogP contribution in [-0.2, 0) is 6.54 Å². The van der Waals surface area contributed by atoms with Crippen LogP contribution in [0.2, 0.25) is 0 Å². The van der Waals surface area contributed by atoms with Crippen molar-refractivity contribution in [3.8, 4) is 22.4 Å². The molecule has 0 fully saturated rings. The molecule has 0 aliphatic rings. The lowest BCUT2D eigenvalue weighted by molar-refractivity contribution is -0.216. The summed E-state index contributed by atoms with van der Waals surface area (Å²) in [5.74, 6) is 0.656. The van der Waals surface area contributed by atoms with E-state index < -0.39 is 11.6 Å². The Morgan fingerprint density at radius 1 is 1.07 bits per heavy atom. The Kier molecular flexibility index (Phi) is 4.92. The molecule has 156 valence electrons. The van der Waals surface area contributed by atoms with E-state index in [1.165, 1.54) is 4.68 Å². The van der Waals surface area contributed by atoms with Crippen molar-refractivity contribution in [2.45, 2.75) is 33.5 Å². The van der Waals surface area contributed by atoms with Crippen molar-refractivity contribution < 1.29 is 13.2 Å². The molecule has 0 atom stereocenters. The van der Waals surface area contributed by atoms with E-state index in [0.29, 0.717) is 27.3 Å². The number of hydrogen-bond donors (Lipinski definition) is 0. The van der Waals surface area contributed by atoms with E-state index in [2.05, 4.69) is 36.1 Å². The van der Waals surface area contributed by atoms with Gasteiger partial charge in [-0.2, -0.15) is 23.4 Å². The van der Waals surface area contributed by atoms with Gasteiger partial charge in [0.2, 0.25) is 0 Å². The Balaban J connectivity index is 1.75. The van der Waals surface area contributed by atoms with Gasteiger partial charge < -0.3 is 0 Å². The lowest BCUT2D eigenvalue weighted by atomic mass is 9.93. The highest BCUT2D eigenvalue weighted by atomic mass is 79.9. The standard InChI is InChI=1S/C20H18BrF3N6/c1-12-26-17-8-13(6-7-30(17)28-12)18-15(4-5-16(21)27-18)14-9-25-29(10-14)11-19(2,3)20(22,23)24/h4-10H,11H2,1-3H3. The molecule has 0 aliphatic heterocycles. The molecule has 30 heavy (non-hydrogen) atoms. The quantitative estimate of drug-likeness (QED) is 0.372. The van der Waals surface area contributed by atoms with Crippen molar-refractivity contribution in [2.24, 2.45) is 5.41 Å². The highest BCUT2D eigenvalue weighted by Gasteiger charge is 2.47. The Morgan fingerprint density at radius 3 is 2.57 bits per heavy atom. The second kappa shape index (κ2) is 7.19. The van der Waals surface area contributed by atoms with Gasteiger partial charge in [0.1, 0.15) is 10.4 Å². The maximum absolute atomic E-state index is 13.2. The Hall–Kier alpha value is -2.75. The lowest BCUT2D eigenvalue weighted by Gasteiger charge is -2.27. The molecular weight excluding hydrogens is 461 g/mol. The summed E-state index contributed by atoms with van der Waals surface area (Å²) in [6, 6.07) is 7.39. The number of aryl methyl sites for hydroxylation is 1. The topological polar surface area (TPSA) is 60.9 Å². The third kappa shape index (κ3) is 3.83. The molecule has 0 saturated carbocycles.